The molecular formula is C16H31NO2S. The van der Waals surface area contributed by atoms with E-state index in [4.69, 9.17) is 0 Å². The Labute approximate surface area is 125 Å². The van der Waals surface area contributed by atoms with Gasteiger partial charge in [-0.15, -0.1) is 0 Å². The first kappa shape index (κ1) is 21.4. The minimum atomic E-state index is -2.91. The van der Waals surface area contributed by atoms with Gasteiger partial charge in [-0.3, -0.25) is 0 Å². The summed E-state index contributed by atoms with van der Waals surface area (Å²) in [6.45, 7) is 8.56. The van der Waals surface area contributed by atoms with Gasteiger partial charge in [0, 0.05) is 0 Å². The minimum absolute atomic E-state index is 0.728. The first-order valence-corrected chi connectivity index (χ1v) is 9.23. The van der Waals surface area contributed by atoms with Gasteiger partial charge in [0.15, 0.2) is 0 Å². The lowest BCUT2D eigenvalue weighted by Gasteiger charge is -2.10. The van der Waals surface area contributed by atoms with Crippen molar-refractivity contribution in [2.75, 3.05) is 13.3 Å². The zero-order chi connectivity index (χ0) is 16.0. The van der Waals surface area contributed by atoms with Crippen LogP contribution >= 0.6 is 0 Å². The largest absolute Gasteiger partial charge is 0.219 e. The van der Waals surface area contributed by atoms with Crippen LogP contribution in [0.5, 0.6) is 0 Å². The maximum absolute atomic E-state index is 9.89. The van der Waals surface area contributed by atoms with Crippen molar-refractivity contribution in [3.8, 4) is 0 Å². The Kier molecular flexibility index (Phi) is 14.1. The molecule has 0 heterocycles. The van der Waals surface area contributed by atoms with Gasteiger partial charge in [-0.25, -0.2) is 13.1 Å². The van der Waals surface area contributed by atoms with Crippen LogP contribution in [0.3, 0.4) is 0 Å². The second kappa shape index (κ2) is 13.1. The molecule has 3 nitrogen and oxygen atoms in total. The second-order valence-electron chi connectivity index (χ2n) is 4.43. The van der Waals surface area contributed by atoms with E-state index in [1.165, 1.54) is 31.9 Å². The van der Waals surface area contributed by atoms with E-state index in [-0.39, 0.29) is 0 Å². The molecule has 0 spiro atoms. The van der Waals surface area contributed by atoms with Crippen molar-refractivity contribution in [1.82, 2.24) is 4.72 Å². The molecule has 0 aliphatic heterocycles. The van der Waals surface area contributed by atoms with Crippen LogP contribution in [-0.4, -0.2) is 21.7 Å². The zero-order valence-corrected chi connectivity index (χ0v) is 14.6. The highest BCUT2D eigenvalue weighted by atomic mass is 32.2. The molecule has 118 valence electrons. The summed E-state index contributed by atoms with van der Waals surface area (Å²) in [4.78, 5) is 0. The lowest BCUT2D eigenvalue weighted by Crippen LogP contribution is -2.15. The maximum atomic E-state index is 9.89. The molecule has 0 aliphatic rings. The Hall–Kier alpha value is -0.870. The van der Waals surface area contributed by atoms with Crippen molar-refractivity contribution in [3.05, 3.63) is 35.9 Å². The van der Waals surface area contributed by atoms with Crippen molar-refractivity contribution >= 4 is 10.0 Å². The van der Waals surface area contributed by atoms with E-state index in [1.54, 1.807) is 0 Å². The predicted molar refractivity (Wildman–Crippen MR) is 89.6 cm³/mol. The first-order chi connectivity index (χ1) is 9.40. The van der Waals surface area contributed by atoms with Gasteiger partial charge in [0.05, 0.1) is 6.26 Å². The molecule has 0 aliphatic carbocycles. The summed E-state index contributed by atoms with van der Waals surface area (Å²) in [5.74, 6) is 0.728. The highest BCUT2D eigenvalue weighted by molar-refractivity contribution is 7.88. The fourth-order valence-corrected chi connectivity index (χ4v) is 1.46. The number of benzene rings is 1. The highest BCUT2D eigenvalue weighted by Gasteiger charge is 2.02. The molecule has 1 atom stereocenters. The van der Waals surface area contributed by atoms with Crippen LogP contribution in [0.2, 0.25) is 0 Å². The Bertz CT molecular complexity index is 402. The number of hydrogen-bond donors (Lipinski definition) is 1. The summed E-state index contributed by atoms with van der Waals surface area (Å²) in [6, 6.07) is 10.8. The molecule has 1 rings (SSSR count). The number of unbranched alkanes of at least 4 members (excludes halogenated alkanes) is 1. The molecule has 0 fully saturated rings. The molecule has 20 heavy (non-hydrogen) atoms. The van der Waals surface area contributed by atoms with E-state index in [2.05, 4.69) is 48.9 Å². The summed E-state index contributed by atoms with van der Waals surface area (Å²) >= 11 is 0. The standard InChI is InChI=1S/C12H18.C2H7NO2S.C2H6/c1-3-4-8-11(2)12-9-6-5-7-10-12;1-3-6(2,4)5;1-2/h5-7,9-11H,3-4,8H2,1-2H3;3H,1-2H3;1-2H3. The Morgan fingerprint density at radius 3 is 1.95 bits per heavy atom. The van der Waals surface area contributed by atoms with Crippen LogP contribution in [0.4, 0.5) is 0 Å². The van der Waals surface area contributed by atoms with Crippen LogP contribution in [0.25, 0.3) is 0 Å². The maximum Gasteiger partial charge on any atom is 0.208 e. The van der Waals surface area contributed by atoms with Crippen molar-refractivity contribution in [3.63, 3.8) is 0 Å². The van der Waals surface area contributed by atoms with Crippen LogP contribution in [0.15, 0.2) is 30.3 Å². The monoisotopic (exact) mass is 301 g/mol. The van der Waals surface area contributed by atoms with Gasteiger partial charge >= 0.3 is 0 Å². The number of rotatable bonds is 5. The smallest absolute Gasteiger partial charge is 0.208 e. The Balaban J connectivity index is 0. The summed E-state index contributed by atoms with van der Waals surface area (Å²) < 4.78 is 21.9. The first-order valence-electron chi connectivity index (χ1n) is 7.34. The number of nitrogens with one attached hydrogen (secondary N) is 1. The quantitative estimate of drug-likeness (QED) is 0.887. The summed E-state index contributed by atoms with van der Waals surface area (Å²) in [6.07, 6.45) is 5.07. The molecule has 1 unspecified atom stereocenters. The minimum Gasteiger partial charge on any atom is -0.219 e. The van der Waals surface area contributed by atoms with Gasteiger partial charge in [-0.2, -0.15) is 0 Å². The fraction of sp³-hybridized carbons (Fsp3) is 0.625. The lowest BCUT2D eigenvalue weighted by atomic mass is 9.96. The van der Waals surface area contributed by atoms with Gasteiger partial charge in [0.1, 0.15) is 0 Å². The molecule has 0 saturated carbocycles. The molecular weight excluding hydrogens is 270 g/mol. The summed E-state index contributed by atoms with van der Waals surface area (Å²) in [7, 11) is -1.54. The van der Waals surface area contributed by atoms with Gasteiger partial charge in [-0.05, 0) is 24.9 Å². The molecule has 0 bridgehead atoms. The lowest BCUT2D eigenvalue weighted by molar-refractivity contribution is 0.594. The molecule has 1 aromatic rings. The number of sulfonamides is 1. The third kappa shape index (κ3) is 13.6. The van der Waals surface area contributed by atoms with Crippen LogP contribution in [-0.2, 0) is 10.0 Å². The molecule has 0 saturated heterocycles. The normalized spacial score (nSPS) is 11.5. The third-order valence-corrected chi connectivity index (χ3v) is 3.47. The van der Waals surface area contributed by atoms with E-state index >= 15 is 0 Å². The molecule has 0 radical (unpaired) electrons. The SMILES string of the molecule is CC.CCCCC(C)c1ccccc1.CNS(C)(=O)=O. The van der Waals surface area contributed by atoms with E-state index in [1.807, 2.05) is 13.8 Å². The average Bonchev–Trinajstić information content (AvgIpc) is 2.47. The Morgan fingerprint density at radius 1 is 1.15 bits per heavy atom. The molecule has 0 amide bonds. The van der Waals surface area contributed by atoms with Gasteiger partial charge in [-0.1, -0.05) is 70.9 Å². The fourth-order valence-electron chi connectivity index (χ4n) is 1.46. The predicted octanol–water partition coefficient (Wildman–Crippen LogP) is 4.17. The Morgan fingerprint density at radius 2 is 1.60 bits per heavy atom. The van der Waals surface area contributed by atoms with E-state index in [0.29, 0.717) is 0 Å². The van der Waals surface area contributed by atoms with Crippen molar-refractivity contribution in [1.29, 1.82) is 0 Å². The van der Waals surface area contributed by atoms with E-state index < -0.39 is 10.0 Å². The molecule has 1 N–H and O–H groups in total. The van der Waals surface area contributed by atoms with Crippen LogP contribution in [0, 0.1) is 0 Å². The van der Waals surface area contributed by atoms with Gasteiger partial charge in [0.2, 0.25) is 10.0 Å². The number of hydrogen-bond acceptors (Lipinski definition) is 2. The van der Waals surface area contributed by atoms with E-state index in [0.717, 1.165) is 12.2 Å². The van der Waals surface area contributed by atoms with Crippen LogP contribution in [0.1, 0.15) is 58.4 Å². The average molecular weight is 301 g/mol. The molecule has 0 aromatic heterocycles. The second-order valence-corrected chi connectivity index (χ2v) is 6.38. The highest BCUT2D eigenvalue weighted by Crippen LogP contribution is 2.20. The van der Waals surface area contributed by atoms with Crippen molar-refractivity contribution in [2.45, 2.75) is 52.9 Å². The molecule has 1 aromatic carbocycles. The van der Waals surface area contributed by atoms with E-state index in [9.17, 15) is 8.42 Å². The zero-order valence-electron chi connectivity index (χ0n) is 13.8. The summed E-state index contributed by atoms with van der Waals surface area (Å²) in [5, 5.41) is 0. The van der Waals surface area contributed by atoms with Crippen LogP contribution < -0.4 is 4.72 Å². The topological polar surface area (TPSA) is 46.2 Å². The third-order valence-electron chi connectivity index (χ3n) is 2.73. The summed E-state index contributed by atoms with van der Waals surface area (Å²) in [5.41, 5.74) is 1.48. The van der Waals surface area contributed by atoms with Crippen molar-refractivity contribution < 1.29 is 8.42 Å². The van der Waals surface area contributed by atoms with Gasteiger partial charge < -0.3 is 0 Å². The molecule has 4 heteroatoms. The van der Waals surface area contributed by atoms with Gasteiger partial charge in [0.25, 0.3) is 0 Å². The van der Waals surface area contributed by atoms with Crippen molar-refractivity contribution in [2.24, 2.45) is 0 Å².